The standard InChI is InChI=1S/C16H16FN3O4/c1-7-6-8-4-5-24-12(8)10(17)9(7)15-19-11(16(21)23-3)13(22-2)14(18)20-15/h4-7,9H,1-3H3,(H2,18,19,20). The lowest BCUT2D eigenvalue weighted by molar-refractivity contribution is 0.0589. The molecule has 2 aromatic rings. The van der Waals surface area contributed by atoms with E-state index in [1.807, 2.05) is 13.0 Å². The third-order valence-corrected chi connectivity index (χ3v) is 3.92. The molecule has 2 heterocycles. The fourth-order valence-electron chi connectivity index (χ4n) is 2.81. The van der Waals surface area contributed by atoms with Gasteiger partial charge >= 0.3 is 5.97 Å². The van der Waals surface area contributed by atoms with E-state index in [2.05, 4.69) is 14.7 Å². The van der Waals surface area contributed by atoms with E-state index < -0.39 is 17.7 Å². The molecule has 0 saturated heterocycles. The first-order valence-electron chi connectivity index (χ1n) is 7.22. The van der Waals surface area contributed by atoms with E-state index in [0.29, 0.717) is 5.22 Å². The van der Waals surface area contributed by atoms with Crippen molar-refractivity contribution in [1.82, 2.24) is 9.97 Å². The monoisotopic (exact) mass is 333 g/mol. The molecule has 3 rings (SSSR count). The number of nitrogens with two attached hydrogens (primary N) is 1. The van der Waals surface area contributed by atoms with Gasteiger partial charge in [0.2, 0.25) is 0 Å². The van der Waals surface area contributed by atoms with E-state index in [-0.39, 0.29) is 34.4 Å². The van der Waals surface area contributed by atoms with Crippen LogP contribution in [0.2, 0.25) is 0 Å². The summed E-state index contributed by atoms with van der Waals surface area (Å²) in [4.78, 5) is 20.2. The number of anilines is 1. The first-order chi connectivity index (χ1) is 11.5. The van der Waals surface area contributed by atoms with Crippen LogP contribution in [0.1, 0.15) is 29.2 Å². The minimum atomic E-state index is -0.819. The molecule has 0 aliphatic heterocycles. The number of methoxy groups -OCH3 is 2. The predicted octanol–water partition coefficient (Wildman–Crippen LogP) is 0.739. The number of hydrogen-bond acceptors (Lipinski definition) is 7. The molecule has 126 valence electrons. The highest BCUT2D eigenvalue weighted by Crippen LogP contribution is 2.35. The number of hydrogen-bond donors (Lipinski definition) is 1. The summed E-state index contributed by atoms with van der Waals surface area (Å²) in [5, 5.41) is 0.672. The molecule has 0 fully saturated rings. The first kappa shape index (κ1) is 16.0. The van der Waals surface area contributed by atoms with Crippen molar-refractivity contribution < 1.29 is 23.1 Å². The number of rotatable bonds is 3. The maximum atomic E-state index is 14.9. The summed E-state index contributed by atoms with van der Waals surface area (Å²) in [7, 11) is 2.54. The van der Waals surface area contributed by atoms with Crippen LogP contribution in [0.25, 0.3) is 11.9 Å². The average molecular weight is 333 g/mol. The van der Waals surface area contributed by atoms with Crippen molar-refractivity contribution in [2.45, 2.75) is 12.8 Å². The van der Waals surface area contributed by atoms with E-state index in [9.17, 15) is 9.18 Å². The number of esters is 1. The van der Waals surface area contributed by atoms with Crippen molar-refractivity contribution in [3.05, 3.63) is 34.5 Å². The van der Waals surface area contributed by atoms with Crippen LogP contribution in [0.15, 0.2) is 16.7 Å². The molecule has 0 spiro atoms. The van der Waals surface area contributed by atoms with E-state index in [1.165, 1.54) is 20.5 Å². The van der Waals surface area contributed by atoms with Crippen molar-refractivity contribution in [2.24, 2.45) is 5.92 Å². The zero-order valence-corrected chi connectivity index (χ0v) is 13.4. The number of nitrogen functional groups attached to an aromatic ring is 1. The lowest BCUT2D eigenvalue weighted by Gasteiger charge is -2.21. The minimum absolute atomic E-state index is 0.00265. The Hall–Kier alpha value is -2.90. The van der Waals surface area contributed by atoms with Crippen LogP contribution < -0.4 is 21.1 Å². The molecule has 0 aromatic carbocycles. The van der Waals surface area contributed by atoms with E-state index in [0.717, 1.165) is 0 Å². The number of halogens is 1. The molecule has 2 atom stereocenters. The molecule has 2 aromatic heterocycles. The highest BCUT2D eigenvalue weighted by molar-refractivity contribution is 5.91. The van der Waals surface area contributed by atoms with Crippen LogP contribution in [0.3, 0.4) is 0 Å². The Morgan fingerprint density at radius 3 is 2.79 bits per heavy atom. The predicted molar refractivity (Wildman–Crippen MR) is 83.2 cm³/mol. The summed E-state index contributed by atoms with van der Waals surface area (Å²) < 4.78 is 29.8. The molecule has 2 unspecified atom stereocenters. The Labute approximate surface area is 136 Å². The average Bonchev–Trinajstić information content (AvgIpc) is 3.02. The second-order valence-corrected chi connectivity index (χ2v) is 5.40. The highest BCUT2D eigenvalue weighted by atomic mass is 19.1. The van der Waals surface area contributed by atoms with Crippen LogP contribution in [0.4, 0.5) is 10.2 Å². The van der Waals surface area contributed by atoms with Gasteiger partial charge in [0, 0.05) is 5.22 Å². The van der Waals surface area contributed by atoms with Gasteiger partial charge in [-0.2, -0.15) is 0 Å². The van der Waals surface area contributed by atoms with Gasteiger partial charge in [-0.05, 0) is 12.0 Å². The van der Waals surface area contributed by atoms with E-state index in [1.54, 1.807) is 6.07 Å². The molecule has 0 bridgehead atoms. The topological polar surface area (TPSA) is 100 Å². The Kier molecular flexibility index (Phi) is 3.96. The summed E-state index contributed by atoms with van der Waals surface area (Å²) in [6, 6.07) is 1.69. The fraction of sp³-hybridized carbons (Fsp3) is 0.312. The first-order valence-corrected chi connectivity index (χ1v) is 7.22. The van der Waals surface area contributed by atoms with Gasteiger partial charge in [0.25, 0.3) is 0 Å². The van der Waals surface area contributed by atoms with E-state index >= 15 is 0 Å². The normalized spacial score (nSPS) is 19.4. The largest absolute Gasteiger partial charge is 0.491 e. The smallest absolute Gasteiger partial charge is 0.360 e. The fourth-order valence-corrected chi connectivity index (χ4v) is 2.81. The number of carbonyl (C=O) groups excluding carboxylic acids is 1. The second-order valence-electron chi connectivity index (χ2n) is 5.40. The summed E-state index contributed by atoms with van der Waals surface area (Å²) in [6.45, 7) is 1.82. The Morgan fingerprint density at radius 1 is 1.38 bits per heavy atom. The minimum Gasteiger partial charge on any atom is -0.491 e. The van der Waals surface area contributed by atoms with Gasteiger partial charge in [-0.1, -0.05) is 13.0 Å². The molecule has 24 heavy (non-hydrogen) atoms. The number of nitrogens with zero attached hydrogens (tertiary/aromatic N) is 2. The van der Waals surface area contributed by atoms with Gasteiger partial charge < -0.3 is 19.6 Å². The number of carbonyl (C=O) groups is 1. The maximum absolute atomic E-state index is 14.9. The quantitative estimate of drug-likeness (QED) is 0.827. The lowest BCUT2D eigenvalue weighted by atomic mass is 9.88. The van der Waals surface area contributed by atoms with Crippen LogP contribution in [-0.4, -0.2) is 30.2 Å². The Balaban J connectivity index is 2.20. The maximum Gasteiger partial charge on any atom is 0.360 e. The van der Waals surface area contributed by atoms with Crippen LogP contribution in [0, 0.1) is 5.92 Å². The van der Waals surface area contributed by atoms with Crippen LogP contribution in [0.5, 0.6) is 5.75 Å². The molecule has 0 amide bonds. The molecule has 1 aliphatic carbocycles. The highest BCUT2D eigenvalue weighted by Gasteiger charge is 2.32. The Morgan fingerprint density at radius 2 is 2.12 bits per heavy atom. The third kappa shape index (κ3) is 2.40. The molecule has 0 saturated carbocycles. The molecule has 7 nitrogen and oxygen atoms in total. The van der Waals surface area contributed by atoms with Gasteiger partial charge in [-0.15, -0.1) is 0 Å². The third-order valence-electron chi connectivity index (χ3n) is 3.92. The zero-order chi connectivity index (χ0) is 17.4. The molecule has 0 radical (unpaired) electrons. The Bertz CT molecular complexity index is 922. The SMILES string of the molecule is COC(=O)c1nc(C2C(F)=c3occc3=CC2C)nc(N)c1OC. The van der Waals surface area contributed by atoms with Crippen molar-refractivity contribution >= 4 is 23.7 Å². The number of fused-ring (bicyclic) bond motifs is 1. The van der Waals surface area contributed by atoms with Gasteiger partial charge in [0.05, 0.1) is 26.4 Å². The summed E-state index contributed by atoms with van der Waals surface area (Å²) in [5.41, 5.74) is 5.84. The molecule has 1 aliphatic rings. The van der Waals surface area contributed by atoms with Crippen molar-refractivity contribution in [3.8, 4) is 5.75 Å². The molecule has 8 heteroatoms. The van der Waals surface area contributed by atoms with Crippen molar-refractivity contribution in [3.63, 3.8) is 0 Å². The molecular formula is C16H16FN3O4. The van der Waals surface area contributed by atoms with Gasteiger partial charge in [-0.3, -0.25) is 0 Å². The zero-order valence-electron chi connectivity index (χ0n) is 13.4. The van der Waals surface area contributed by atoms with Gasteiger partial charge in [0.1, 0.15) is 5.82 Å². The van der Waals surface area contributed by atoms with Crippen LogP contribution >= 0.6 is 0 Å². The second kappa shape index (κ2) is 5.95. The summed E-state index contributed by atoms with van der Waals surface area (Å²) in [6.07, 6.45) is 3.27. The summed E-state index contributed by atoms with van der Waals surface area (Å²) >= 11 is 0. The number of ether oxygens (including phenoxy) is 2. The van der Waals surface area contributed by atoms with E-state index in [4.69, 9.17) is 14.9 Å². The number of aromatic nitrogens is 2. The lowest BCUT2D eigenvalue weighted by Crippen LogP contribution is -2.32. The van der Waals surface area contributed by atoms with Crippen molar-refractivity contribution in [2.75, 3.05) is 20.0 Å². The molecular weight excluding hydrogens is 317 g/mol. The van der Waals surface area contributed by atoms with Crippen LogP contribution in [-0.2, 0) is 4.74 Å². The summed E-state index contributed by atoms with van der Waals surface area (Å²) in [5.74, 6) is -2.32. The van der Waals surface area contributed by atoms with Gasteiger partial charge in [-0.25, -0.2) is 19.2 Å². The molecule has 2 N–H and O–H groups in total. The van der Waals surface area contributed by atoms with Gasteiger partial charge in [0.15, 0.2) is 28.5 Å². The number of furan rings is 1. The van der Waals surface area contributed by atoms with Crippen molar-refractivity contribution in [1.29, 1.82) is 0 Å².